The van der Waals surface area contributed by atoms with E-state index >= 15 is 0 Å². The molecule has 1 aromatic carbocycles. The van der Waals surface area contributed by atoms with Crippen LogP contribution in [0.15, 0.2) is 24.3 Å². The first kappa shape index (κ1) is 14.0. The van der Waals surface area contributed by atoms with Gasteiger partial charge in [-0.05, 0) is 24.5 Å². The first-order valence-corrected chi connectivity index (χ1v) is 7.36. The monoisotopic (exact) mass is 288 g/mol. The molecule has 0 aromatic heterocycles. The van der Waals surface area contributed by atoms with Crippen LogP contribution in [0.1, 0.15) is 18.4 Å². The molecular formula is C15H20N4O2. The van der Waals surface area contributed by atoms with Crippen LogP contribution in [0.5, 0.6) is 0 Å². The Balaban J connectivity index is 1.51. The van der Waals surface area contributed by atoms with Gasteiger partial charge in [0.1, 0.15) is 0 Å². The van der Waals surface area contributed by atoms with Gasteiger partial charge in [0.05, 0.1) is 6.04 Å². The molecule has 2 amide bonds. The molecule has 1 unspecified atom stereocenters. The fraction of sp³-hybridized carbons (Fsp3) is 0.467. The molecule has 1 atom stereocenters. The van der Waals surface area contributed by atoms with Crippen LogP contribution in [-0.4, -0.2) is 30.9 Å². The zero-order valence-corrected chi connectivity index (χ0v) is 11.8. The predicted molar refractivity (Wildman–Crippen MR) is 79.4 cm³/mol. The van der Waals surface area contributed by atoms with Gasteiger partial charge < -0.3 is 10.6 Å². The molecule has 0 spiro atoms. The molecule has 2 heterocycles. The zero-order chi connectivity index (χ0) is 14.7. The highest BCUT2D eigenvalue weighted by molar-refractivity contribution is 5.96. The van der Waals surface area contributed by atoms with Crippen LogP contribution in [-0.2, 0) is 16.0 Å². The van der Waals surface area contributed by atoms with E-state index in [1.807, 2.05) is 24.3 Å². The smallest absolute Gasteiger partial charge is 0.227 e. The number of fused-ring (bicyclic) bond motifs is 1. The first-order valence-electron chi connectivity index (χ1n) is 7.36. The maximum Gasteiger partial charge on any atom is 0.227 e. The number of hydrogen-bond donors (Lipinski definition) is 4. The molecule has 0 radical (unpaired) electrons. The third-order valence-electron chi connectivity index (χ3n) is 4.02. The minimum Gasteiger partial charge on any atom is -0.351 e. The van der Waals surface area contributed by atoms with Gasteiger partial charge in [0.2, 0.25) is 11.8 Å². The van der Waals surface area contributed by atoms with Crippen LogP contribution in [0, 0.1) is 5.92 Å². The Labute approximate surface area is 123 Å². The van der Waals surface area contributed by atoms with E-state index in [9.17, 15) is 9.59 Å². The lowest BCUT2D eigenvalue weighted by atomic mass is 9.89. The zero-order valence-electron chi connectivity index (χ0n) is 11.8. The van der Waals surface area contributed by atoms with Crippen molar-refractivity contribution in [1.29, 1.82) is 0 Å². The topological polar surface area (TPSA) is 82.3 Å². The van der Waals surface area contributed by atoms with Gasteiger partial charge in [0.25, 0.3) is 0 Å². The van der Waals surface area contributed by atoms with Crippen LogP contribution in [0.3, 0.4) is 0 Å². The molecule has 21 heavy (non-hydrogen) atoms. The average molecular weight is 288 g/mol. The number of nitrogens with one attached hydrogen (secondary N) is 4. The highest BCUT2D eigenvalue weighted by Crippen LogP contribution is 2.27. The first-order chi connectivity index (χ1) is 10.2. The molecule has 4 N–H and O–H groups in total. The summed E-state index contributed by atoms with van der Waals surface area (Å²) in [6.07, 6.45) is 1.68. The summed E-state index contributed by atoms with van der Waals surface area (Å²) in [6.45, 7) is 1.48. The summed E-state index contributed by atoms with van der Waals surface area (Å²) in [5.41, 5.74) is 7.98. The standard InChI is InChI=1S/C15H20N4O2/c20-14(18-12-8-16-17-9-12)6-5-11-7-10-3-1-2-4-13(10)19-15(11)21/h1-4,11-12,16-17H,5-9H2,(H,18,20)(H,19,21). The van der Waals surface area contributed by atoms with E-state index in [1.54, 1.807) is 0 Å². The number of carbonyl (C=O) groups excluding carboxylic acids is 2. The van der Waals surface area contributed by atoms with E-state index in [0.29, 0.717) is 19.3 Å². The fourth-order valence-corrected chi connectivity index (χ4v) is 2.82. The number of hydrogen-bond acceptors (Lipinski definition) is 4. The summed E-state index contributed by atoms with van der Waals surface area (Å²) in [6, 6.07) is 7.96. The minimum absolute atomic E-state index is 0.0113. The summed E-state index contributed by atoms with van der Waals surface area (Å²) < 4.78 is 0. The lowest BCUT2D eigenvalue weighted by Gasteiger charge is -2.24. The number of benzene rings is 1. The van der Waals surface area contributed by atoms with Gasteiger partial charge in [-0.2, -0.15) is 0 Å². The van der Waals surface area contributed by atoms with Crippen molar-refractivity contribution in [3.63, 3.8) is 0 Å². The summed E-state index contributed by atoms with van der Waals surface area (Å²) in [5, 5.41) is 5.87. The molecule has 2 aliphatic rings. The van der Waals surface area contributed by atoms with Crippen LogP contribution < -0.4 is 21.5 Å². The summed E-state index contributed by atoms with van der Waals surface area (Å²) in [7, 11) is 0. The van der Waals surface area contributed by atoms with Gasteiger partial charge in [0, 0.05) is 31.1 Å². The maximum atomic E-state index is 12.1. The molecule has 112 valence electrons. The lowest BCUT2D eigenvalue weighted by Crippen LogP contribution is -2.39. The van der Waals surface area contributed by atoms with E-state index in [1.165, 1.54) is 0 Å². The molecule has 6 nitrogen and oxygen atoms in total. The van der Waals surface area contributed by atoms with Crippen molar-refractivity contribution in [3.05, 3.63) is 29.8 Å². The third-order valence-corrected chi connectivity index (χ3v) is 4.02. The Kier molecular flexibility index (Phi) is 4.17. The van der Waals surface area contributed by atoms with Crippen molar-refractivity contribution in [2.75, 3.05) is 18.4 Å². The Bertz CT molecular complexity index is 540. The summed E-state index contributed by atoms with van der Waals surface area (Å²) in [5.74, 6) is -0.0895. The van der Waals surface area contributed by atoms with Crippen molar-refractivity contribution >= 4 is 17.5 Å². The highest BCUT2D eigenvalue weighted by Gasteiger charge is 2.26. The SMILES string of the molecule is O=C(CCC1Cc2ccccc2NC1=O)NC1CNNC1. The second kappa shape index (κ2) is 6.24. The van der Waals surface area contributed by atoms with Crippen LogP contribution in [0.2, 0.25) is 0 Å². The van der Waals surface area contributed by atoms with Crippen molar-refractivity contribution in [2.45, 2.75) is 25.3 Å². The molecule has 2 aliphatic heterocycles. The van der Waals surface area contributed by atoms with Crippen molar-refractivity contribution in [1.82, 2.24) is 16.2 Å². The van der Waals surface area contributed by atoms with Gasteiger partial charge in [-0.1, -0.05) is 18.2 Å². The van der Waals surface area contributed by atoms with Crippen LogP contribution >= 0.6 is 0 Å². The number of rotatable bonds is 4. The molecular weight excluding hydrogens is 268 g/mol. The predicted octanol–water partition coefficient (Wildman–Crippen LogP) is 0.170. The van der Waals surface area contributed by atoms with Crippen LogP contribution in [0.4, 0.5) is 5.69 Å². The molecule has 0 bridgehead atoms. The largest absolute Gasteiger partial charge is 0.351 e. The van der Waals surface area contributed by atoms with Crippen molar-refractivity contribution < 1.29 is 9.59 Å². The average Bonchev–Trinajstić information content (AvgIpc) is 2.98. The van der Waals surface area contributed by atoms with E-state index in [2.05, 4.69) is 21.5 Å². The van der Waals surface area contributed by atoms with Gasteiger partial charge in [-0.15, -0.1) is 0 Å². The lowest BCUT2D eigenvalue weighted by molar-refractivity contribution is -0.123. The molecule has 1 saturated heterocycles. The quantitative estimate of drug-likeness (QED) is 0.636. The number of anilines is 1. The number of hydrazine groups is 1. The molecule has 1 aromatic rings. The van der Waals surface area contributed by atoms with Gasteiger partial charge >= 0.3 is 0 Å². The molecule has 3 rings (SSSR count). The van der Waals surface area contributed by atoms with E-state index in [0.717, 1.165) is 24.3 Å². The fourth-order valence-electron chi connectivity index (χ4n) is 2.82. The van der Waals surface area contributed by atoms with Gasteiger partial charge in [-0.25, -0.2) is 0 Å². The van der Waals surface area contributed by atoms with E-state index in [-0.39, 0.29) is 23.8 Å². The summed E-state index contributed by atoms with van der Waals surface area (Å²) >= 11 is 0. The van der Waals surface area contributed by atoms with E-state index in [4.69, 9.17) is 0 Å². The molecule has 1 fully saturated rings. The Morgan fingerprint density at radius 1 is 1.24 bits per heavy atom. The second-order valence-corrected chi connectivity index (χ2v) is 5.61. The Morgan fingerprint density at radius 3 is 2.81 bits per heavy atom. The number of amides is 2. The molecule has 6 heteroatoms. The Morgan fingerprint density at radius 2 is 2.00 bits per heavy atom. The molecule has 0 saturated carbocycles. The summed E-state index contributed by atoms with van der Waals surface area (Å²) in [4.78, 5) is 23.9. The third kappa shape index (κ3) is 3.40. The number of para-hydroxylation sites is 1. The Hall–Kier alpha value is -1.92. The van der Waals surface area contributed by atoms with Crippen molar-refractivity contribution in [3.8, 4) is 0 Å². The van der Waals surface area contributed by atoms with Gasteiger partial charge in [0.15, 0.2) is 0 Å². The van der Waals surface area contributed by atoms with Gasteiger partial charge in [-0.3, -0.25) is 20.4 Å². The van der Waals surface area contributed by atoms with E-state index < -0.39 is 0 Å². The van der Waals surface area contributed by atoms with Crippen molar-refractivity contribution in [2.24, 2.45) is 5.92 Å². The molecule has 0 aliphatic carbocycles. The highest BCUT2D eigenvalue weighted by atomic mass is 16.2. The van der Waals surface area contributed by atoms with Crippen LogP contribution in [0.25, 0.3) is 0 Å². The minimum atomic E-state index is -0.120. The number of carbonyl (C=O) groups is 2. The maximum absolute atomic E-state index is 12.1. The second-order valence-electron chi connectivity index (χ2n) is 5.61. The normalized spacial score (nSPS) is 21.7.